The molecular weight excluding hydrogens is 244 g/mol. The van der Waals surface area contributed by atoms with E-state index in [-0.39, 0.29) is 28.8 Å². The summed E-state index contributed by atoms with van der Waals surface area (Å²) in [6.07, 6.45) is 0.422. The van der Waals surface area contributed by atoms with Crippen LogP contribution in [0.5, 0.6) is 0 Å². The van der Waals surface area contributed by atoms with Crippen LogP contribution in [-0.2, 0) is 9.84 Å². The number of hydrogen-bond donors (Lipinski definition) is 2. The van der Waals surface area contributed by atoms with Gasteiger partial charge in [0.05, 0.1) is 11.5 Å². The Balaban J connectivity index is 2.06. The molecule has 1 saturated heterocycles. The highest BCUT2D eigenvalue weighted by Gasteiger charge is 2.29. The van der Waals surface area contributed by atoms with Crippen LogP contribution in [0.1, 0.15) is 16.9 Å². The van der Waals surface area contributed by atoms with E-state index < -0.39 is 15.7 Å². The maximum Gasteiger partial charge on any atom is 0.268 e. The molecule has 92 valence electrons. The summed E-state index contributed by atoms with van der Waals surface area (Å²) in [7, 11) is -3.02. The molecule has 0 radical (unpaired) electrons. The molecule has 1 aliphatic rings. The van der Waals surface area contributed by atoms with E-state index in [1.54, 1.807) is 0 Å². The average molecular weight is 256 g/mol. The molecule has 7 heteroatoms. The highest BCUT2D eigenvalue weighted by molar-refractivity contribution is 7.91. The van der Waals surface area contributed by atoms with E-state index in [1.165, 1.54) is 18.2 Å². The Hall–Kier alpha value is -1.63. The number of sulfone groups is 1. The zero-order chi connectivity index (χ0) is 12.5. The quantitative estimate of drug-likeness (QED) is 0.730. The molecule has 1 atom stereocenters. The summed E-state index contributed by atoms with van der Waals surface area (Å²) >= 11 is 0. The number of aromatic nitrogens is 1. The maximum absolute atomic E-state index is 11.7. The molecule has 1 aliphatic heterocycles. The third kappa shape index (κ3) is 2.94. The van der Waals surface area contributed by atoms with Crippen LogP contribution in [0, 0.1) is 0 Å². The van der Waals surface area contributed by atoms with E-state index in [0.29, 0.717) is 6.42 Å². The predicted octanol–water partition coefficient (Wildman–Crippen LogP) is -0.708. The number of carbonyl (C=O) groups is 1. The molecule has 0 spiro atoms. The highest BCUT2D eigenvalue weighted by Crippen LogP contribution is 2.11. The minimum atomic E-state index is -3.02. The van der Waals surface area contributed by atoms with Crippen molar-refractivity contribution in [2.75, 3.05) is 11.5 Å². The van der Waals surface area contributed by atoms with Crippen LogP contribution in [0.3, 0.4) is 0 Å². The molecule has 2 N–H and O–H groups in total. The number of nitrogens with one attached hydrogen (secondary N) is 2. The standard InChI is InChI=1S/C10H12N2O4S/c13-9-3-1-2-8(12-9)10(14)11-7-4-5-17(15,16)6-7/h1-3,7H,4-6H2,(H,11,14)(H,12,13). The monoisotopic (exact) mass is 256 g/mol. The first kappa shape index (κ1) is 11.8. The van der Waals surface area contributed by atoms with E-state index in [4.69, 9.17) is 0 Å². The van der Waals surface area contributed by atoms with Crippen LogP contribution in [0.15, 0.2) is 23.0 Å². The molecule has 0 aromatic carbocycles. The lowest BCUT2D eigenvalue weighted by molar-refractivity contribution is 0.0936. The van der Waals surface area contributed by atoms with Gasteiger partial charge in [-0.1, -0.05) is 6.07 Å². The lowest BCUT2D eigenvalue weighted by Gasteiger charge is -2.10. The first-order chi connectivity index (χ1) is 7.96. The fourth-order valence-corrected chi connectivity index (χ4v) is 3.43. The normalized spacial score (nSPS) is 22.2. The van der Waals surface area contributed by atoms with Crippen LogP contribution < -0.4 is 10.9 Å². The molecule has 1 aromatic rings. The zero-order valence-electron chi connectivity index (χ0n) is 8.97. The lowest BCUT2D eigenvalue weighted by Crippen LogP contribution is -2.36. The average Bonchev–Trinajstić information content (AvgIpc) is 2.58. The van der Waals surface area contributed by atoms with E-state index in [0.717, 1.165) is 0 Å². The summed E-state index contributed by atoms with van der Waals surface area (Å²) in [4.78, 5) is 25.1. The Labute approximate surface area is 98.0 Å². The Bertz CT molecular complexity index is 590. The molecular formula is C10H12N2O4S. The summed E-state index contributed by atoms with van der Waals surface area (Å²) in [6, 6.07) is 3.88. The van der Waals surface area contributed by atoms with Crippen molar-refractivity contribution in [2.45, 2.75) is 12.5 Å². The SMILES string of the molecule is O=C(NC1CCS(=O)(=O)C1)c1cccc(=O)[nH]1. The van der Waals surface area contributed by atoms with Crippen molar-refractivity contribution in [1.82, 2.24) is 10.3 Å². The Morgan fingerprint density at radius 1 is 1.41 bits per heavy atom. The second kappa shape index (κ2) is 4.33. The number of H-pyrrole nitrogens is 1. The number of aromatic amines is 1. The Kier molecular flexibility index (Phi) is 3.01. The van der Waals surface area contributed by atoms with E-state index >= 15 is 0 Å². The lowest BCUT2D eigenvalue weighted by atomic mass is 10.2. The topological polar surface area (TPSA) is 96.1 Å². The summed E-state index contributed by atoms with van der Waals surface area (Å²) in [5.74, 6) is -0.385. The molecule has 6 nitrogen and oxygen atoms in total. The highest BCUT2D eigenvalue weighted by atomic mass is 32.2. The van der Waals surface area contributed by atoms with Gasteiger partial charge in [0, 0.05) is 12.1 Å². The molecule has 0 aliphatic carbocycles. The van der Waals surface area contributed by atoms with Crippen LogP contribution in [0.4, 0.5) is 0 Å². The predicted molar refractivity (Wildman–Crippen MR) is 61.6 cm³/mol. The van der Waals surface area contributed by atoms with Gasteiger partial charge < -0.3 is 10.3 Å². The van der Waals surface area contributed by atoms with Crippen molar-refractivity contribution in [3.05, 3.63) is 34.2 Å². The largest absolute Gasteiger partial charge is 0.347 e. The third-order valence-corrected chi connectivity index (χ3v) is 4.35. The zero-order valence-corrected chi connectivity index (χ0v) is 9.79. The van der Waals surface area contributed by atoms with Crippen molar-refractivity contribution >= 4 is 15.7 Å². The number of hydrogen-bond acceptors (Lipinski definition) is 4. The van der Waals surface area contributed by atoms with Crippen molar-refractivity contribution in [2.24, 2.45) is 0 Å². The van der Waals surface area contributed by atoms with Gasteiger partial charge in [-0.05, 0) is 12.5 Å². The van der Waals surface area contributed by atoms with Gasteiger partial charge in [0.1, 0.15) is 5.69 Å². The third-order valence-electron chi connectivity index (χ3n) is 2.58. The molecule has 0 bridgehead atoms. The first-order valence-electron chi connectivity index (χ1n) is 5.17. The molecule has 1 fully saturated rings. The molecule has 2 rings (SSSR count). The fourth-order valence-electron chi connectivity index (χ4n) is 1.75. The van der Waals surface area contributed by atoms with Gasteiger partial charge in [-0.2, -0.15) is 0 Å². The first-order valence-corrected chi connectivity index (χ1v) is 6.99. The van der Waals surface area contributed by atoms with Gasteiger partial charge >= 0.3 is 0 Å². The molecule has 0 saturated carbocycles. The molecule has 17 heavy (non-hydrogen) atoms. The van der Waals surface area contributed by atoms with E-state index in [1.807, 2.05) is 0 Å². The van der Waals surface area contributed by atoms with Crippen LogP contribution in [-0.4, -0.2) is 36.9 Å². The number of amides is 1. The molecule has 1 amide bonds. The maximum atomic E-state index is 11.7. The van der Waals surface area contributed by atoms with Gasteiger partial charge in [-0.15, -0.1) is 0 Å². The van der Waals surface area contributed by atoms with E-state index in [9.17, 15) is 18.0 Å². The molecule has 2 heterocycles. The van der Waals surface area contributed by atoms with Crippen molar-refractivity contribution < 1.29 is 13.2 Å². The Morgan fingerprint density at radius 2 is 2.18 bits per heavy atom. The molecule has 1 unspecified atom stereocenters. The fraction of sp³-hybridized carbons (Fsp3) is 0.400. The van der Waals surface area contributed by atoms with E-state index in [2.05, 4.69) is 10.3 Å². The minimum absolute atomic E-state index is 0.0319. The second-order valence-electron chi connectivity index (χ2n) is 4.00. The Morgan fingerprint density at radius 3 is 2.76 bits per heavy atom. The van der Waals surface area contributed by atoms with Crippen LogP contribution in [0.2, 0.25) is 0 Å². The van der Waals surface area contributed by atoms with Crippen molar-refractivity contribution in [3.8, 4) is 0 Å². The van der Waals surface area contributed by atoms with Crippen molar-refractivity contribution in [3.63, 3.8) is 0 Å². The number of pyridine rings is 1. The van der Waals surface area contributed by atoms with Crippen LogP contribution >= 0.6 is 0 Å². The number of carbonyl (C=O) groups excluding carboxylic acids is 1. The smallest absolute Gasteiger partial charge is 0.268 e. The van der Waals surface area contributed by atoms with Crippen LogP contribution in [0.25, 0.3) is 0 Å². The minimum Gasteiger partial charge on any atom is -0.347 e. The summed E-state index contributed by atoms with van der Waals surface area (Å²) < 4.78 is 22.4. The van der Waals surface area contributed by atoms with Gasteiger partial charge in [-0.25, -0.2) is 8.42 Å². The van der Waals surface area contributed by atoms with Gasteiger partial charge in [0.2, 0.25) is 5.56 Å². The number of rotatable bonds is 2. The van der Waals surface area contributed by atoms with Gasteiger partial charge in [-0.3, -0.25) is 9.59 Å². The molecule has 1 aromatic heterocycles. The van der Waals surface area contributed by atoms with Gasteiger partial charge in [0.15, 0.2) is 9.84 Å². The van der Waals surface area contributed by atoms with Gasteiger partial charge in [0.25, 0.3) is 5.91 Å². The second-order valence-corrected chi connectivity index (χ2v) is 6.23. The summed E-state index contributed by atoms with van der Waals surface area (Å²) in [5, 5.41) is 2.59. The summed E-state index contributed by atoms with van der Waals surface area (Å²) in [5.41, 5.74) is -0.224. The summed E-state index contributed by atoms with van der Waals surface area (Å²) in [6.45, 7) is 0. The van der Waals surface area contributed by atoms with Crippen molar-refractivity contribution in [1.29, 1.82) is 0 Å².